The van der Waals surface area contributed by atoms with E-state index >= 15 is 0 Å². The van der Waals surface area contributed by atoms with E-state index in [4.69, 9.17) is 0 Å². The summed E-state index contributed by atoms with van der Waals surface area (Å²) >= 11 is 0. The molecular weight excluding hydrogens is 260 g/mol. The number of H-pyrrole nitrogens is 1. The van der Waals surface area contributed by atoms with Gasteiger partial charge in [0.1, 0.15) is 0 Å². The molecule has 0 bridgehead atoms. The lowest BCUT2D eigenvalue weighted by molar-refractivity contribution is 0.182. The number of aryl methyl sites for hydroxylation is 1. The van der Waals surface area contributed by atoms with Crippen molar-refractivity contribution < 1.29 is 0 Å². The maximum absolute atomic E-state index is 4.08. The maximum Gasteiger partial charge on any atom is 0.0535 e. The van der Waals surface area contributed by atoms with E-state index < -0.39 is 0 Å². The van der Waals surface area contributed by atoms with Crippen molar-refractivity contribution in [3.8, 4) is 0 Å². The Balaban J connectivity index is 1.50. The van der Waals surface area contributed by atoms with Crippen LogP contribution in [0.15, 0.2) is 36.5 Å². The summed E-state index contributed by atoms with van der Waals surface area (Å²) in [5, 5.41) is 10.8. The van der Waals surface area contributed by atoms with Crippen LogP contribution in [0.1, 0.15) is 29.7 Å². The Kier molecular flexibility index (Phi) is 4.68. The van der Waals surface area contributed by atoms with Crippen LogP contribution >= 0.6 is 0 Å². The van der Waals surface area contributed by atoms with Crippen LogP contribution in [-0.2, 0) is 13.1 Å². The second-order valence-electron chi connectivity index (χ2n) is 5.96. The third kappa shape index (κ3) is 3.93. The van der Waals surface area contributed by atoms with E-state index in [0.717, 1.165) is 19.6 Å². The molecule has 1 aliphatic rings. The second kappa shape index (κ2) is 6.87. The van der Waals surface area contributed by atoms with E-state index in [0.29, 0.717) is 6.04 Å². The first-order valence-corrected chi connectivity index (χ1v) is 7.80. The Hall–Kier alpha value is -1.65. The van der Waals surface area contributed by atoms with Crippen molar-refractivity contribution in [3.05, 3.63) is 53.3 Å². The molecule has 1 aliphatic heterocycles. The number of nitrogens with one attached hydrogen (secondary N) is 2. The highest BCUT2D eigenvalue weighted by Gasteiger charge is 2.19. The summed E-state index contributed by atoms with van der Waals surface area (Å²) in [6, 6.07) is 11.3. The van der Waals surface area contributed by atoms with E-state index in [2.05, 4.69) is 57.7 Å². The second-order valence-corrected chi connectivity index (χ2v) is 5.96. The summed E-state index contributed by atoms with van der Waals surface area (Å²) < 4.78 is 0. The summed E-state index contributed by atoms with van der Waals surface area (Å²) in [5.74, 6) is 0. The van der Waals surface area contributed by atoms with Gasteiger partial charge in [-0.2, -0.15) is 5.10 Å². The van der Waals surface area contributed by atoms with E-state index in [1.165, 1.54) is 36.2 Å². The highest BCUT2D eigenvalue weighted by molar-refractivity contribution is 5.15. The van der Waals surface area contributed by atoms with Gasteiger partial charge in [0.2, 0.25) is 0 Å². The van der Waals surface area contributed by atoms with Gasteiger partial charge in [0.15, 0.2) is 0 Å². The Morgan fingerprint density at radius 1 is 1.33 bits per heavy atom. The van der Waals surface area contributed by atoms with E-state index in [1.807, 2.05) is 6.20 Å². The first-order chi connectivity index (χ1) is 10.3. The summed E-state index contributed by atoms with van der Waals surface area (Å²) in [6.45, 7) is 6.38. The van der Waals surface area contributed by atoms with Gasteiger partial charge in [0, 0.05) is 36.9 Å². The summed E-state index contributed by atoms with van der Waals surface area (Å²) in [6.07, 6.45) is 4.46. The average Bonchev–Trinajstić information content (AvgIpc) is 2.92. The molecule has 0 amide bonds. The highest BCUT2D eigenvalue weighted by atomic mass is 15.2. The van der Waals surface area contributed by atoms with Crippen LogP contribution in [0.3, 0.4) is 0 Å². The van der Waals surface area contributed by atoms with Crippen molar-refractivity contribution in [1.82, 2.24) is 20.4 Å². The lowest BCUT2D eigenvalue weighted by Gasteiger charge is -2.33. The van der Waals surface area contributed by atoms with Crippen molar-refractivity contribution in [1.29, 1.82) is 0 Å². The molecule has 0 spiro atoms. The number of aromatic amines is 1. The number of hydrogen-bond acceptors (Lipinski definition) is 3. The van der Waals surface area contributed by atoms with Gasteiger partial charge in [-0.15, -0.1) is 0 Å². The van der Waals surface area contributed by atoms with Crippen molar-refractivity contribution in [2.75, 3.05) is 13.1 Å². The molecule has 1 aromatic carbocycles. The van der Waals surface area contributed by atoms with Gasteiger partial charge in [-0.1, -0.05) is 30.3 Å². The SMILES string of the molecule is Cc1[nH]ncc1CN[C@H]1CCCN(Cc2ccccc2)C1. The minimum absolute atomic E-state index is 0.580. The number of hydrogen-bond donors (Lipinski definition) is 2. The standard InChI is InChI=1S/C17H24N4/c1-14-16(11-19-20-14)10-18-17-8-5-9-21(13-17)12-15-6-3-2-4-7-15/h2-4,6-7,11,17-18H,5,8-10,12-13H2,1H3,(H,19,20)/t17-/m0/s1. The quantitative estimate of drug-likeness (QED) is 0.886. The molecule has 1 aromatic heterocycles. The van der Waals surface area contributed by atoms with Crippen molar-refractivity contribution in [2.45, 2.75) is 38.9 Å². The van der Waals surface area contributed by atoms with Gasteiger partial charge >= 0.3 is 0 Å². The number of aromatic nitrogens is 2. The normalized spacial score (nSPS) is 19.8. The minimum atomic E-state index is 0.580. The zero-order chi connectivity index (χ0) is 14.5. The summed E-state index contributed by atoms with van der Waals surface area (Å²) in [5.41, 5.74) is 3.85. The van der Waals surface area contributed by atoms with Gasteiger partial charge in [0.25, 0.3) is 0 Å². The highest BCUT2D eigenvalue weighted by Crippen LogP contribution is 2.14. The molecule has 21 heavy (non-hydrogen) atoms. The molecule has 1 fully saturated rings. The number of rotatable bonds is 5. The number of benzene rings is 1. The molecular formula is C17H24N4. The van der Waals surface area contributed by atoms with Crippen LogP contribution in [0.4, 0.5) is 0 Å². The van der Waals surface area contributed by atoms with Crippen LogP contribution < -0.4 is 5.32 Å². The van der Waals surface area contributed by atoms with Gasteiger partial charge < -0.3 is 5.32 Å². The molecule has 0 saturated carbocycles. The number of nitrogens with zero attached hydrogens (tertiary/aromatic N) is 2. The van der Waals surface area contributed by atoms with Crippen LogP contribution in [-0.4, -0.2) is 34.2 Å². The van der Waals surface area contributed by atoms with Gasteiger partial charge in [-0.05, 0) is 31.9 Å². The molecule has 0 unspecified atom stereocenters. The zero-order valence-electron chi connectivity index (χ0n) is 12.7. The maximum atomic E-state index is 4.08. The smallest absolute Gasteiger partial charge is 0.0535 e. The summed E-state index contributed by atoms with van der Waals surface area (Å²) in [4.78, 5) is 2.55. The van der Waals surface area contributed by atoms with Crippen LogP contribution in [0.5, 0.6) is 0 Å². The third-order valence-electron chi connectivity index (χ3n) is 4.27. The van der Waals surface area contributed by atoms with Crippen molar-refractivity contribution in [3.63, 3.8) is 0 Å². The fraction of sp³-hybridized carbons (Fsp3) is 0.471. The predicted octanol–water partition coefficient (Wildman–Crippen LogP) is 2.47. The molecule has 2 N–H and O–H groups in total. The molecule has 0 aliphatic carbocycles. The number of piperidine rings is 1. The van der Waals surface area contributed by atoms with Crippen molar-refractivity contribution in [2.24, 2.45) is 0 Å². The predicted molar refractivity (Wildman–Crippen MR) is 84.9 cm³/mol. The Bertz CT molecular complexity index is 549. The topological polar surface area (TPSA) is 44.0 Å². The minimum Gasteiger partial charge on any atom is -0.309 e. The molecule has 4 nitrogen and oxygen atoms in total. The molecule has 4 heteroatoms. The van der Waals surface area contributed by atoms with E-state index in [-0.39, 0.29) is 0 Å². The van der Waals surface area contributed by atoms with Gasteiger partial charge in [-0.25, -0.2) is 0 Å². The molecule has 0 radical (unpaired) electrons. The Morgan fingerprint density at radius 3 is 2.95 bits per heavy atom. The largest absolute Gasteiger partial charge is 0.309 e. The van der Waals surface area contributed by atoms with E-state index in [1.54, 1.807) is 0 Å². The molecule has 3 rings (SSSR count). The molecule has 1 atom stereocenters. The Morgan fingerprint density at radius 2 is 2.19 bits per heavy atom. The molecule has 2 heterocycles. The molecule has 2 aromatic rings. The van der Waals surface area contributed by atoms with Gasteiger partial charge in [-0.3, -0.25) is 10.00 Å². The first kappa shape index (κ1) is 14.3. The van der Waals surface area contributed by atoms with E-state index in [9.17, 15) is 0 Å². The zero-order valence-corrected chi connectivity index (χ0v) is 12.7. The lowest BCUT2D eigenvalue weighted by atomic mass is 10.0. The molecule has 112 valence electrons. The monoisotopic (exact) mass is 284 g/mol. The molecule has 1 saturated heterocycles. The van der Waals surface area contributed by atoms with Gasteiger partial charge in [0.05, 0.1) is 6.20 Å². The Labute approximate surface area is 126 Å². The van der Waals surface area contributed by atoms with Crippen LogP contribution in [0.25, 0.3) is 0 Å². The van der Waals surface area contributed by atoms with Crippen LogP contribution in [0.2, 0.25) is 0 Å². The van der Waals surface area contributed by atoms with Crippen LogP contribution in [0, 0.1) is 6.92 Å². The summed E-state index contributed by atoms with van der Waals surface area (Å²) in [7, 11) is 0. The first-order valence-electron chi connectivity index (χ1n) is 7.80. The average molecular weight is 284 g/mol. The third-order valence-corrected chi connectivity index (χ3v) is 4.27. The number of likely N-dealkylation sites (tertiary alicyclic amines) is 1. The fourth-order valence-corrected chi connectivity index (χ4v) is 3.02. The fourth-order valence-electron chi connectivity index (χ4n) is 3.02. The lowest BCUT2D eigenvalue weighted by Crippen LogP contribution is -2.45. The van der Waals surface area contributed by atoms with Crippen molar-refractivity contribution >= 4 is 0 Å².